The second-order valence-corrected chi connectivity index (χ2v) is 22.0. The van der Waals surface area contributed by atoms with Crippen LogP contribution in [0.1, 0.15) is 99.3 Å². The van der Waals surface area contributed by atoms with Crippen molar-refractivity contribution in [2.45, 2.75) is 198 Å². The van der Waals surface area contributed by atoms with Crippen molar-refractivity contribution in [3.05, 3.63) is 24.3 Å². The van der Waals surface area contributed by atoms with Gasteiger partial charge in [-0.25, -0.2) is 0 Å². The molecule has 0 amide bonds. The first-order valence-corrected chi connectivity index (χ1v) is 24.0. The highest BCUT2D eigenvalue weighted by atomic mass is 16.8. The van der Waals surface area contributed by atoms with E-state index in [-0.39, 0.29) is 36.0 Å². The first kappa shape index (κ1) is 52.6. The molecular formula is C48H76O19. The van der Waals surface area contributed by atoms with Gasteiger partial charge in [0.05, 0.1) is 30.8 Å². The van der Waals surface area contributed by atoms with Gasteiger partial charge in [0.25, 0.3) is 0 Å². The van der Waals surface area contributed by atoms with Gasteiger partial charge in [0.1, 0.15) is 67.1 Å². The first-order valence-electron chi connectivity index (χ1n) is 24.0. The zero-order valence-electron chi connectivity index (χ0n) is 39.5. The van der Waals surface area contributed by atoms with E-state index in [0.717, 1.165) is 24.0 Å². The van der Waals surface area contributed by atoms with Gasteiger partial charge in [-0.15, -0.1) is 0 Å². The lowest BCUT2D eigenvalue weighted by Gasteiger charge is -2.71. The van der Waals surface area contributed by atoms with Crippen molar-refractivity contribution in [3.8, 4) is 0 Å². The second kappa shape index (κ2) is 19.4. The smallest absolute Gasteiger partial charge is 0.314 e. The van der Waals surface area contributed by atoms with Crippen LogP contribution in [0.4, 0.5) is 0 Å². The molecule has 3 aliphatic heterocycles. The second-order valence-electron chi connectivity index (χ2n) is 22.0. The van der Waals surface area contributed by atoms with Gasteiger partial charge in [-0.2, -0.15) is 0 Å². The molecule has 67 heavy (non-hydrogen) atoms. The molecule has 0 unspecified atom stereocenters. The van der Waals surface area contributed by atoms with E-state index >= 15 is 0 Å². The molecule has 4 aliphatic carbocycles. The number of aliphatic hydroxyl groups is 10. The SMILES string of the molecule is C=C(C)[C@@H]1CC[C@]2(C(=O)O[C@@H]3O[C@H](CO[C@@H]4O[C@H](CO)[C@@H](O[C@@H]5O[C@@H](C)[C@H](O)[C@@H](O)[C@H]5O)[C@H](O)[C@H]4O)[C@@H](O)[C@H](O)[C@H]3O)CC[C@]3(C)[C@H](C[C@@H](O)[C@@H]4[C@@](C)(CCC(=O)O)[C@H](C(=C)C)CC[C@]43C)[C@@H]12. The summed E-state index contributed by atoms with van der Waals surface area (Å²) >= 11 is 0. The van der Waals surface area contributed by atoms with Crippen molar-refractivity contribution in [2.24, 2.45) is 51.2 Å². The molecule has 0 aromatic heterocycles. The van der Waals surface area contributed by atoms with Crippen LogP contribution in [0, 0.1) is 51.2 Å². The summed E-state index contributed by atoms with van der Waals surface area (Å²) in [6.07, 6.45) is -21.1. The minimum atomic E-state index is -1.89. The van der Waals surface area contributed by atoms with Crippen LogP contribution >= 0.6 is 0 Å². The minimum Gasteiger partial charge on any atom is -0.481 e. The number of carboxylic acids is 1. The fourth-order valence-electron chi connectivity index (χ4n) is 14.7. The average Bonchev–Trinajstić information content (AvgIpc) is 3.68. The van der Waals surface area contributed by atoms with Crippen molar-refractivity contribution in [1.29, 1.82) is 0 Å². The van der Waals surface area contributed by atoms with Gasteiger partial charge in [0.15, 0.2) is 12.6 Å². The summed E-state index contributed by atoms with van der Waals surface area (Å²) < 4.78 is 34.6. The molecule has 0 radical (unpaired) electrons. The Hall–Kier alpha value is -2.18. The third-order valence-electron chi connectivity index (χ3n) is 18.4. The lowest BCUT2D eigenvalue weighted by atomic mass is 9.33. The molecule has 3 saturated heterocycles. The van der Waals surface area contributed by atoms with Crippen LogP contribution in [0.25, 0.3) is 0 Å². The number of hydrogen-bond donors (Lipinski definition) is 11. The summed E-state index contributed by atoms with van der Waals surface area (Å²) in [6.45, 7) is 19.2. The molecule has 19 heteroatoms. The van der Waals surface area contributed by atoms with Crippen LogP contribution in [0.5, 0.6) is 0 Å². The Kier molecular flexibility index (Phi) is 15.3. The van der Waals surface area contributed by atoms with Gasteiger partial charge >= 0.3 is 11.9 Å². The van der Waals surface area contributed by atoms with E-state index in [1.807, 2.05) is 13.8 Å². The molecule has 0 bridgehead atoms. The van der Waals surface area contributed by atoms with Crippen LogP contribution < -0.4 is 0 Å². The number of hydrogen-bond acceptors (Lipinski definition) is 18. The number of esters is 1. The Morgan fingerprint density at radius 2 is 1.33 bits per heavy atom. The summed E-state index contributed by atoms with van der Waals surface area (Å²) in [6, 6.07) is 0. The van der Waals surface area contributed by atoms with E-state index in [1.54, 1.807) is 0 Å². The fraction of sp³-hybridized carbons (Fsp3) is 0.875. The Morgan fingerprint density at radius 3 is 1.96 bits per heavy atom. The summed E-state index contributed by atoms with van der Waals surface area (Å²) in [4.78, 5) is 27.0. The Bertz CT molecular complexity index is 1830. The molecule has 25 atom stereocenters. The third-order valence-corrected chi connectivity index (χ3v) is 18.4. The van der Waals surface area contributed by atoms with Crippen LogP contribution in [0.15, 0.2) is 24.3 Å². The number of carbonyl (C=O) groups is 2. The number of aliphatic hydroxyl groups excluding tert-OH is 10. The molecule has 0 aromatic carbocycles. The topological polar surface area (TPSA) is 312 Å². The van der Waals surface area contributed by atoms with E-state index in [4.69, 9.17) is 28.4 Å². The monoisotopic (exact) mass is 956 g/mol. The predicted molar refractivity (Wildman–Crippen MR) is 233 cm³/mol. The van der Waals surface area contributed by atoms with E-state index < -0.39 is 145 Å². The van der Waals surface area contributed by atoms with Gasteiger partial charge in [-0.05, 0) is 118 Å². The minimum absolute atomic E-state index is 0.0172. The van der Waals surface area contributed by atoms with Crippen molar-refractivity contribution in [3.63, 3.8) is 0 Å². The number of aliphatic carboxylic acids is 1. The molecule has 7 fully saturated rings. The van der Waals surface area contributed by atoms with Gasteiger partial charge in [-0.1, -0.05) is 45.1 Å². The number of fused-ring (bicyclic) bond motifs is 5. The Morgan fingerprint density at radius 1 is 0.701 bits per heavy atom. The van der Waals surface area contributed by atoms with E-state index in [2.05, 4.69) is 33.9 Å². The zero-order valence-corrected chi connectivity index (χ0v) is 39.5. The number of allylic oxidation sites excluding steroid dienone is 2. The number of ether oxygens (including phenoxy) is 6. The van der Waals surface area contributed by atoms with Crippen LogP contribution in [0.3, 0.4) is 0 Å². The van der Waals surface area contributed by atoms with Gasteiger partial charge in [0.2, 0.25) is 6.29 Å². The Balaban J connectivity index is 1.07. The molecule has 11 N–H and O–H groups in total. The quantitative estimate of drug-likeness (QED) is 0.0871. The summed E-state index contributed by atoms with van der Waals surface area (Å²) in [7, 11) is 0. The molecular weight excluding hydrogens is 881 g/mol. The molecule has 4 saturated carbocycles. The van der Waals surface area contributed by atoms with Crippen LogP contribution in [-0.2, 0) is 38.0 Å². The number of carboxylic acid groups (broad SMARTS) is 1. The van der Waals surface area contributed by atoms with Crippen molar-refractivity contribution in [2.75, 3.05) is 13.2 Å². The molecule has 0 spiro atoms. The lowest BCUT2D eigenvalue weighted by Crippen LogP contribution is -2.68. The number of rotatable bonds is 13. The third kappa shape index (κ3) is 8.76. The summed E-state index contributed by atoms with van der Waals surface area (Å²) in [5.41, 5.74) is -0.633. The largest absolute Gasteiger partial charge is 0.481 e. The first-order chi connectivity index (χ1) is 31.3. The molecule has 7 rings (SSSR count). The Labute approximate surface area is 391 Å². The van der Waals surface area contributed by atoms with Gasteiger partial charge in [0, 0.05) is 6.42 Å². The fourth-order valence-corrected chi connectivity index (χ4v) is 14.7. The molecule has 19 nitrogen and oxygen atoms in total. The normalized spacial score (nSPS) is 52.0. The zero-order chi connectivity index (χ0) is 49.5. The maximum Gasteiger partial charge on any atom is 0.314 e. The maximum atomic E-state index is 15.0. The molecule has 3 heterocycles. The van der Waals surface area contributed by atoms with Crippen molar-refractivity contribution < 1.29 is 94.2 Å². The standard InChI is InChI=1S/C48H76O19/c1-20(2)23-9-14-48(16-15-46(7)25(30(23)48)17-26(50)40-45(6,12-11-29(51)52)24(21(3)4)10-13-47(40,46)8)44(61)67-43-37(59)34(56)32(54)28(65-43)19-62-41-38(60)35(57)39(27(18-49)64-41)66-42-36(58)33(55)31(53)22(5)63-42/h22-28,30-43,49-50,53-60H,1,3,9-19H2,2,4-8H3,(H,51,52)/t22-,23-,24-,25+,26+,27+,28+,30+,31-,32+,33+,34-,35+,36+,37+,38+,39+,40+,41+,42-,43-,45-,46+,47+,48-/m0/s1. The van der Waals surface area contributed by atoms with Crippen LogP contribution in [0.2, 0.25) is 0 Å². The highest BCUT2D eigenvalue weighted by Crippen LogP contribution is 2.76. The number of carbonyl (C=O) groups excluding carboxylic acids is 1. The average molecular weight is 957 g/mol. The van der Waals surface area contributed by atoms with E-state index in [9.17, 15) is 65.8 Å². The van der Waals surface area contributed by atoms with E-state index in [1.165, 1.54) is 6.92 Å². The predicted octanol–water partition coefficient (Wildman–Crippen LogP) is 0.255. The van der Waals surface area contributed by atoms with Crippen LogP contribution in [-0.4, -0.2) is 180 Å². The maximum absolute atomic E-state index is 15.0. The van der Waals surface area contributed by atoms with Gasteiger partial charge < -0.3 is 84.6 Å². The summed E-state index contributed by atoms with van der Waals surface area (Å²) in [5.74, 6) is -2.42. The highest BCUT2D eigenvalue weighted by Gasteiger charge is 2.73. The highest BCUT2D eigenvalue weighted by molar-refractivity contribution is 5.78. The van der Waals surface area contributed by atoms with Gasteiger partial charge in [-0.3, -0.25) is 9.59 Å². The molecule has 382 valence electrons. The van der Waals surface area contributed by atoms with Crippen molar-refractivity contribution >= 4 is 11.9 Å². The lowest BCUT2D eigenvalue weighted by molar-refractivity contribution is -0.361. The van der Waals surface area contributed by atoms with Crippen molar-refractivity contribution in [1.82, 2.24) is 0 Å². The molecule has 7 aliphatic rings. The van der Waals surface area contributed by atoms with E-state index in [0.29, 0.717) is 38.5 Å². The summed E-state index contributed by atoms with van der Waals surface area (Å²) in [5, 5.41) is 119. The molecule has 0 aromatic rings.